The molecule has 0 unspecified atom stereocenters. The van der Waals surface area contributed by atoms with E-state index in [1.165, 1.54) is 44.7 Å². The van der Waals surface area contributed by atoms with Crippen LogP contribution in [-0.2, 0) is 26.3 Å². The number of piperidine rings is 1. The lowest BCUT2D eigenvalue weighted by atomic mass is 9.97. The number of amides is 2. The van der Waals surface area contributed by atoms with Gasteiger partial charge in [-0.15, -0.1) is 11.3 Å². The Labute approximate surface area is 265 Å². The van der Waals surface area contributed by atoms with E-state index in [1.807, 2.05) is 13.0 Å². The molecule has 45 heavy (non-hydrogen) atoms. The highest BCUT2D eigenvalue weighted by atomic mass is 32.1. The number of aromatic nitrogens is 2. The zero-order chi connectivity index (χ0) is 31.7. The molecule has 1 aliphatic heterocycles. The molecule has 0 radical (unpaired) electrons. The summed E-state index contributed by atoms with van der Waals surface area (Å²) in [6.07, 6.45) is 8.99. The van der Waals surface area contributed by atoms with Crippen molar-refractivity contribution in [3.8, 4) is 17.2 Å². The Balaban J connectivity index is 1.22. The number of hydrogen-bond donors (Lipinski definition) is 1. The number of aryl methyl sites for hydroxylation is 3. The van der Waals surface area contributed by atoms with E-state index in [4.69, 9.17) is 5.26 Å². The van der Waals surface area contributed by atoms with Crippen molar-refractivity contribution in [2.45, 2.75) is 51.9 Å². The van der Waals surface area contributed by atoms with Gasteiger partial charge < -0.3 is 14.8 Å². The standard InChI is InChI=1S/C35H34FN5O3S/c1-21-29(16-27(36)17-30(21)39-33(42)32-15-23-5-3-4-6-31(23)45-32)26-13-25(34(43)40(2)20-26)14-28-8-7-24(19-38-28)35(44)41-11-9-22(18-37)10-12-41/h7-8,13,15-17,19-20,22H,3-6,9-12,14H2,1-2H3,(H,39,42). The van der Waals surface area contributed by atoms with Gasteiger partial charge in [-0.1, -0.05) is 0 Å². The molecular formula is C35H34FN5O3S. The van der Waals surface area contributed by atoms with Crippen LogP contribution in [0.3, 0.4) is 0 Å². The van der Waals surface area contributed by atoms with Crippen LogP contribution in [0.4, 0.5) is 10.1 Å². The number of thiophene rings is 1. The molecule has 1 saturated heterocycles. The van der Waals surface area contributed by atoms with Crippen molar-refractivity contribution in [1.29, 1.82) is 5.26 Å². The van der Waals surface area contributed by atoms with Crippen molar-refractivity contribution in [3.63, 3.8) is 0 Å². The van der Waals surface area contributed by atoms with Gasteiger partial charge in [0, 0.05) is 66.7 Å². The van der Waals surface area contributed by atoms with Gasteiger partial charge in [0.25, 0.3) is 17.4 Å². The Morgan fingerprint density at radius 3 is 2.62 bits per heavy atom. The Morgan fingerprint density at radius 2 is 1.91 bits per heavy atom. The molecule has 0 atom stereocenters. The van der Waals surface area contributed by atoms with Crippen LogP contribution in [0, 0.1) is 30.0 Å². The summed E-state index contributed by atoms with van der Waals surface area (Å²) in [5, 5.41) is 12.0. The van der Waals surface area contributed by atoms with E-state index in [9.17, 15) is 18.8 Å². The van der Waals surface area contributed by atoms with E-state index in [0.717, 1.165) is 25.7 Å². The van der Waals surface area contributed by atoms with Gasteiger partial charge >= 0.3 is 0 Å². The first kappa shape index (κ1) is 30.4. The molecule has 0 bridgehead atoms. The van der Waals surface area contributed by atoms with Crippen molar-refractivity contribution in [2.24, 2.45) is 13.0 Å². The van der Waals surface area contributed by atoms with Gasteiger partial charge in [0.1, 0.15) is 5.82 Å². The number of carbonyl (C=O) groups is 2. The Hall–Kier alpha value is -4.62. The largest absolute Gasteiger partial charge is 0.339 e. The van der Waals surface area contributed by atoms with Gasteiger partial charge in [-0.25, -0.2) is 4.39 Å². The average molecular weight is 624 g/mol. The number of fused-ring (bicyclic) bond motifs is 1. The second-order valence-electron chi connectivity index (χ2n) is 11.9. The lowest BCUT2D eigenvalue weighted by Crippen LogP contribution is -2.38. The molecule has 4 heterocycles. The van der Waals surface area contributed by atoms with E-state index in [-0.39, 0.29) is 29.7 Å². The third-order valence-corrected chi connectivity index (χ3v) is 10.1. The van der Waals surface area contributed by atoms with Crippen LogP contribution >= 0.6 is 11.3 Å². The van der Waals surface area contributed by atoms with Crippen LogP contribution in [0.15, 0.2) is 53.6 Å². The quantitative estimate of drug-likeness (QED) is 0.281. The lowest BCUT2D eigenvalue weighted by Gasteiger charge is -2.29. The number of benzene rings is 1. The summed E-state index contributed by atoms with van der Waals surface area (Å²) >= 11 is 1.51. The second kappa shape index (κ2) is 12.8. The molecule has 1 aliphatic carbocycles. The van der Waals surface area contributed by atoms with Gasteiger partial charge in [-0.05, 0) is 104 Å². The number of carbonyl (C=O) groups excluding carboxylic acids is 2. The topological polar surface area (TPSA) is 108 Å². The van der Waals surface area contributed by atoms with Crippen molar-refractivity contribution in [2.75, 3.05) is 18.4 Å². The van der Waals surface area contributed by atoms with Crippen molar-refractivity contribution in [3.05, 3.63) is 103 Å². The SMILES string of the molecule is Cc1c(NC(=O)c2cc3c(s2)CCCC3)cc(F)cc1-c1cc(Cc2ccc(C(=O)N3CCC(C#N)CC3)cn2)c(=O)n(C)c1. The number of anilines is 1. The van der Waals surface area contributed by atoms with Gasteiger partial charge in [-0.2, -0.15) is 5.26 Å². The molecular weight excluding hydrogens is 589 g/mol. The van der Waals surface area contributed by atoms with Crippen LogP contribution in [0.5, 0.6) is 0 Å². The number of pyridine rings is 2. The normalized spacial score (nSPS) is 14.9. The summed E-state index contributed by atoms with van der Waals surface area (Å²) in [5.41, 5.74) is 4.86. The van der Waals surface area contributed by atoms with Gasteiger partial charge in [0.15, 0.2) is 0 Å². The Kier molecular flexibility index (Phi) is 8.63. The zero-order valence-corrected chi connectivity index (χ0v) is 26.2. The summed E-state index contributed by atoms with van der Waals surface area (Å²) in [7, 11) is 1.65. The summed E-state index contributed by atoms with van der Waals surface area (Å²) in [6, 6.07) is 12.2. The Morgan fingerprint density at radius 1 is 1.13 bits per heavy atom. The predicted octanol–water partition coefficient (Wildman–Crippen LogP) is 6.05. The molecule has 0 spiro atoms. The van der Waals surface area contributed by atoms with E-state index in [2.05, 4.69) is 16.4 Å². The summed E-state index contributed by atoms with van der Waals surface area (Å²) in [6.45, 7) is 2.92. The first-order chi connectivity index (χ1) is 21.7. The maximum absolute atomic E-state index is 15.0. The highest BCUT2D eigenvalue weighted by Gasteiger charge is 2.24. The molecule has 6 rings (SSSR count). The second-order valence-corrected chi connectivity index (χ2v) is 13.1. The number of nitriles is 1. The van der Waals surface area contributed by atoms with Gasteiger partial charge in [-0.3, -0.25) is 19.4 Å². The molecule has 230 valence electrons. The number of nitrogens with zero attached hydrogens (tertiary/aromatic N) is 4. The molecule has 10 heteroatoms. The predicted molar refractivity (Wildman–Crippen MR) is 172 cm³/mol. The fraction of sp³-hybridized carbons (Fsp3) is 0.343. The molecule has 3 aromatic heterocycles. The fourth-order valence-corrected chi connectivity index (χ4v) is 7.34. The molecule has 4 aromatic rings. The number of rotatable bonds is 6. The minimum atomic E-state index is -0.495. The minimum absolute atomic E-state index is 0.00845. The lowest BCUT2D eigenvalue weighted by molar-refractivity contribution is 0.0706. The summed E-state index contributed by atoms with van der Waals surface area (Å²) < 4.78 is 16.4. The molecule has 0 saturated carbocycles. The van der Waals surface area contributed by atoms with Crippen LogP contribution in [0.25, 0.3) is 11.1 Å². The number of nitrogens with one attached hydrogen (secondary N) is 1. The monoisotopic (exact) mass is 623 g/mol. The van der Waals surface area contributed by atoms with Crippen LogP contribution in [-0.4, -0.2) is 39.4 Å². The number of likely N-dealkylation sites (tertiary alicyclic amines) is 1. The number of halogens is 1. The van der Waals surface area contributed by atoms with E-state index < -0.39 is 5.82 Å². The van der Waals surface area contributed by atoms with Crippen molar-refractivity contribution in [1.82, 2.24) is 14.5 Å². The van der Waals surface area contributed by atoms with Crippen LogP contribution in [0.1, 0.15) is 73.0 Å². The minimum Gasteiger partial charge on any atom is -0.339 e. The third kappa shape index (κ3) is 6.45. The molecule has 2 amide bonds. The smallest absolute Gasteiger partial charge is 0.265 e. The average Bonchev–Trinajstić information content (AvgIpc) is 3.49. The first-order valence-electron chi connectivity index (χ1n) is 15.3. The Bertz CT molecular complexity index is 1860. The van der Waals surface area contributed by atoms with E-state index in [1.54, 1.807) is 36.3 Å². The van der Waals surface area contributed by atoms with E-state index >= 15 is 0 Å². The summed E-state index contributed by atoms with van der Waals surface area (Å²) in [4.78, 5) is 47.3. The highest BCUT2D eigenvalue weighted by molar-refractivity contribution is 7.14. The fourth-order valence-electron chi connectivity index (χ4n) is 6.19. The first-order valence-corrected chi connectivity index (χ1v) is 16.1. The van der Waals surface area contributed by atoms with Crippen molar-refractivity contribution < 1.29 is 14.0 Å². The van der Waals surface area contributed by atoms with Gasteiger partial charge in [0.2, 0.25) is 0 Å². The maximum Gasteiger partial charge on any atom is 0.265 e. The van der Waals surface area contributed by atoms with E-state index in [0.29, 0.717) is 70.0 Å². The third-order valence-electron chi connectivity index (χ3n) is 8.82. The molecule has 1 N–H and O–H groups in total. The highest BCUT2D eigenvalue weighted by Crippen LogP contribution is 2.33. The maximum atomic E-state index is 15.0. The zero-order valence-electron chi connectivity index (χ0n) is 25.4. The molecule has 2 aliphatic rings. The molecule has 1 aromatic carbocycles. The summed E-state index contributed by atoms with van der Waals surface area (Å²) in [5.74, 6) is -0.877. The van der Waals surface area contributed by atoms with Crippen LogP contribution in [0.2, 0.25) is 0 Å². The van der Waals surface area contributed by atoms with Crippen LogP contribution < -0.4 is 10.9 Å². The molecule has 1 fully saturated rings. The van der Waals surface area contributed by atoms with Gasteiger partial charge in [0.05, 0.1) is 16.5 Å². The number of hydrogen-bond acceptors (Lipinski definition) is 6. The van der Waals surface area contributed by atoms with Crippen molar-refractivity contribution >= 4 is 28.8 Å². The molecule has 8 nitrogen and oxygen atoms in total.